The Hall–Kier alpha value is -2.21. The average Bonchev–Trinajstić information content (AvgIpc) is 2.59. The van der Waals surface area contributed by atoms with E-state index in [9.17, 15) is 4.79 Å². The maximum atomic E-state index is 12.2. The molecular formula is C20H24BrNO4. The van der Waals surface area contributed by atoms with Crippen molar-refractivity contribution >= 4 is 27.5 Å². The number of benzene rings is 2. The van der Waals surface area contributed by atoms with E-state index in [0.29, 0.717) is 22.9 Å². The Morgan fingerprint density at radius 3 is 2.31 bits per heavy atom. The number of hydrogen-bond donors (Lipinski definition) is 1. The van der Waals surface area contributed by atoms with Crippen molar-refractivity contribution in [2.45, 2.75) is 26.2 Å². The van der Waals surface area contributed by atoms with Gasteiger partial charge in [-0.15, -0.1) is 0 Å². The molecule has 0 aliphatic rings. The normalized spacial score (nSPS) is 11.0. The van der Waals surface area contributed by atoms with Crippen molar-refractivity contribution in [3.05, 3.63) is 46.4 Å². The lowest BCUT2D eigenvalue weighted by atomic mass is 9.87. The molecule has 5 nitrogen and oxygen atoms in total. The zero-order valence-electron chi connectivity index (χ0n) is 15.7. The largest absolute Gasteiger partial charge is 0.497 e. The lowest BCUT2D eigenvalue weighted by Gasteiger charge is -2.20. The van der Waals surface area contributed by atoms with E-state index in [4.69, 9.17) is 14.2 Å². The second kappa shape index (κ2) is 8.45. The summed E-state index contributed by atoms with van der Waals surface area (Å²) in [5, 5.41) is 2.78. The highest BCUT2D eigenvalue weighted by Gasteiger charge is 2.16. The van der Waals surface area contributed by atoms with Gasteiger partial charge in [0, 0.05) is 6.07 Å². The number of amides is 1. The molecule has 0 saturated carbocycles. The topological polar surface area (TPSA) is 56.8 Å². The fourth-order valence-corrected chi connectivity index (χ4v) is 2.82. The van der Waals surface area contributed by atoms with Crippen molar-refractivity contribution in [2.24, 2.45) is 0 Å². The Bertz CT molecular complexity index is 784. The number of carbonyl (C=O) groups excluding carboxylic acids is 1. The van der Waals surface area contributed by atoms with Gasteiger partial charge in [-0.05, 0) is 51.2 Å². The third-order valence-electron chi connectivity index (χ3n) is 3.84. The minimum atomic E-state index is -0.289. The summed E-state index contributed by atoms with van der Waals surface area (Å²) in [6.07, 6.45) is 0. The van der Waals surface area contributed by atoms with Gasteiger partial charge in [-0.25, -0.2) is 0 Å². The quantitative estimate of drug-likeness (QED) is 0.728. The van der Waals surface area contributed by atoms with Crippen LogP contribution < -0.4 is 19.5 Å². The summed E-state index contributed by atoms with van der Waals surface area (Å²) in [5.41, 5.74) is 1.76. The SMILES string of the molecule is COc1ccc(OC)c(NC(=O)COc2ccc(C(C)(C)C)cc2Br)c1. The second-order valence-electron chi connectivity index (χ2n) is 6.80. The zero-order chi connectivity index (χ0) is 19.3. The van der Waals surface area contributed by atoms with E-state index >= 15 is 0 Å². The monoisotopic (exact) mass is 421 g/mol. The van der Waals surface area contributed by atoms with Crippen molar-refractivity contribution in [3.8, 4) is 17.2 Å². The van der Waals surface area contributed by atoms with Crippen LogP contribution in [0.2, 0.25) is 0 Å². The van der Waals surface area contributed by atoms with Gasteiger partial charge in [-0.3, -0.25) is 4.79 Å². The average molecular weight is 422 g/mol. The Kier molecular flexibility index (Phi) is 6.53. The van der Waals surface area contributed by atoms with Gasteiger partial charge < -0.3 is 19.5 Å². The van der Waals surface area contributed by atoms with Crippen LogP contribution in [-0.4, -0.2) is 26.7 Å². The first-order valence-electron chi connectivity index (χ1n) is 8.19. The number of ether oxygens (including phenoxy) is 3. The molecule has 140 valence electrons. The highest BCUT2D eigenvalue weighted by Crippen LogP contribution is 2.32. The Morgan fingerprint density at radius 2 is 1.73 bits per heavy atom. The smallest absolute Gasteiger partial charge is 0.262 e. The molecule has 2 aromatic carbocycles. The molecule has 6 heteroatoms. The Labute approximate surface area is 162 Å². The Balaban J connectivity index is 2.03. The maximum Gasteiger partial charge on any atom is 0.262 e. The zero-order valence-corrected chi connectivity index (χ0v) is 17.3. The third-order valence-corrected chi connectivity index (χ3v) is 4.46. The van der Waals surface area contributed by atoms with Crippen LogP contribution in [0.4, 0.5) is 5.69 Å². The molecule has 0 aliphatic heterocycles. The molecule has 0 spiro atoms. The number of methoxy groups -OCH3 is 2. The lowest BCUT2D eigenvalue weighted by molar-refractivity contribution is -0.118. The van der Waals surface area contributed by atoms with Gasteiger partial charge in [0.15, 0.2) is 6.61 Å². The highest BCUT2D eigenvalue weighted by molar-refractivity contribution is 9.10. The summed E-state index contributed by atoms with van der Waals surface area (Å²) in [7, 11) is 3.11. The second-order valence-corrected chi connectivity index (χ2v) is 7.65. The number of anilines is 1. The molecule has 26 heavy (non-hydrogen) atoms. The van der Waals surface area contributed by atoms with E-state index < -0.39 is 0 Å². The molecule has 0 radical (unpaired) electrons. The summed E-state index contributed by atoms with van der Waals surface area (Å²) in [6.45, 7) is 6.31. The van der Waals surface area contributed by atoms with Gasteiger partial charge in [-0.2, -0.15) is 0 Å². The molecule has 0 unspecified atom stereocenters. The van der Waals surface area contributed by atoms with E-state index in [1.165, 1.54) is 5.56 Å². The van der Waals surface area contributed by atoms with Crippen molar-refractivity contribution in [2.75, 3.05) is 26.1 Å². The number of carbonyl (C=O) groups is 1. The molecule has 0 bridgehead atoms. The molecule has 2 aromatic rings. The first-order chi connectivity index (χ1) is 12.2. The van der Waals surface area contributed by atoms with Crippen LogP contribution >= 0.6 is 15.9 Å². The van der Waals surface area contributed by atoms with Crippen molar-refractivity contribution in [1.82, 2.24) is 0 Å². The van der Waals surface area contributed by atoms with Crippen molar-refractivity contribution in [3.63, 3.8) is 0 Å². The number of rotatable bonds is 6. The maximum absolute atomic E-state index is 12.2. The molecule has 0 fully saturated rings. The summed E-state index contributed by atoms with van der Waals surface area (Å²) in [6, 6.07) is 11.1. The van der Waals surface area contributed by atoms with Crippen LogP contribution in [0.15, 0.2) is 40.9 Å². The third kappa shape index (κ3) is 5.14. The molecule has 2 rings (SSSR count). The predicted octanol–water partition coefficient (Wildman–Crippen LogP) is 4.78. The van der Waals surface area contributed by atoms with E-state index in [0.717, 1.165) is 4.47 Å². The molecule has 0 atom stereocenters. The minimum Gasteiger partial charge on any atom is -0.497 e. The van der Waals surface area contributed by atoms with Crippen LogP contribution in [0.3, 0.4) is 0 Å². The molecule has 0 heterocycles. The highest BCUT2D eigenvalue weighted by atomic mass is 79.9. The van der Waals surface area contributed by atoms with Crippen LogP contribution in [0.1, 0.15) is 26.3 Å². The molecule has 0 aromatic heterocycles. The van der Waals surface area contributed by atoms with Gasteiger partial charge in [0.1, 0.15) is 17.2 Å². The first-order valence-corrected chi connectivity index (χ1v) is 8.98. The first kappa shape index (κ1) is 20.1. The molecule has 1 amide bonds. The summed E-state index contributed by atoms with van der Waals surface area (Å²) in [4.78, 5) is 12.2. The minimum absolute atomic E-state index is 0.0430. The van der Waals surface area contributed by atoms with Crippen molar-refractivity contribution < 1.29 is 19.0 Å². The van der Waals surface area contributed by atoms with Gasteiger partial charge in [-0.1, -0.05) is 26.8 Å². The van der Waals surface area contributed by atoms with E-state index in [1.807, 2.05) is 18.2 Å². The van der Waals surface area contributed by atoms with Crippen LogP contribution in [0.25, 0.3) is 0 Å². The molecule has 0 aliphatic carbocycles. The number of nitrogens with one attached hydrogen (secondary N) is 1. The van der Waals surface area contributed by atoms with Gasteiger partial charge >= 0.3 is 0 Å². The van der Waals surface area contributed by atoms with Crippen LogP contribution in [0.5, 0.6) is 17.2 Å². The van der Waals surface area contributed by atoms with E-state index in [2.05, 4.69) is 42.0 Å². The number of halogens is 1. The standard InChI is InChI=1S/C20H24BrNO4/c1-20(2,3)13-6-8-17(15(21)10-13)26-12-19(23)22-16-11-14(24-4)7-9-18(16)25-5/h6-11H,12H2,1-5H3,(H,22,23). The molecular weight excluding hydrogens is 398 g/mol. The summed E-state index contributed by atoms with van der Waals surface area (Å²) in [5.74, 6) is 1.51. The van der Waals surface area contributed by atoms with Crippen molar-refractivity contribution in [1.29, 1.82) is 0 Å². The van der Waals surface area contributed by atoms with E-state index in [1.54, 1.807) is 32.4 Å². The van der Waals surface area contributed by atoms with Crippen LogP contribution in [0, 0.1) is 0 Å². The van der Waals surface area contributed by atoms with Crippen LogP contribution in [-0.2, 0) is 10.2 Å². The summed E-state index contributed by atoms with van der Waals surface area (Å²) < 4.78 is 16.9. The van der Waals surface area contributed by atoms with E-state index in [-0.39, 0.29) is 17.9 Å². The molecule has 0 saturated heterocycles. The Morgan fingerprint density at radius 1 is 1.04 bits per heavy atom. The lowest BCUT2D eigenvalue weighted by Crippen LogP contribution is -2.20. The van der Waals surface area contributed by atoms with Gasteiger partial charge in [0.05, 0.1) is 24.4 Å². The number of hydrogen-bond acceptors (Lipinski definition) is 4. The fourth-order valence-electron chi connectivity index (χ4n) is 2.33. The molecule has 1 N–H and O–H groups in total. The summed E-state index contributed by atoms with van der Waals surface area (Å²) >= 11 is 3.51. The van der Waals surface area contributed by atoms with Gasteiger partial charge in [0.2, 0.25) is 0 Å². The fraction of sp³-hybridized carbons (Fsp3) is 0.350. The van der Waals surface area contributed by atoms with Gasteiger partial charge in [0.25, 0.3) is 5.91 Å². The predicted molar refractivity (Wildman–Crippen MR) is 107 cm³/mol.